The molecule has 2 aromatic heterocycles. The van der Waals surface area contributed by atoms with Crippen LogP contribution in [0.1, 0.15) is 59.6 Å². The molecule has 0 aliphatic heterocycles. The zero-order valence-corrected chi connectivity index (χ0v) is 16.7. The molecule has 0 bridgehead atoms. The molecule has 2 aliphatic rings. The Hall–Kier alpha value is -2.89. The van der Waals surface area contributed by atoms with E-state index in [0.29, 0.717) is 17.5 Å². The average molecular weight is 391 g/mol. The minimum Gasteiger partial charge on any atom is -0.451 e. The molecule has 2 aliphatic carbocycles. The molecule has 5 rings (SSSR count). The molecular weight excluding hydrogens is 366 g/mol. The van der Waals surface area contributed by atoms with E-state index in [-0.39, 0.29) is 23.1 Å². The first-order valence-electron chi connectivity index (χ1n) is 10.5. The zero-order chi connectivity index (χ0) is 20.0. The third kappa shape index (κ3) is 3.16. The maximum atomic E-state index is 13.5. The minimum atomic E-state index is -0.211. The second kappa shape index (κ2) is 7.17. The Balaban J connectivity index is 1.52. The summed E-state index contributed by atoms with van der Waals surface area (Å²) in [6.07, 6.45) is 7.43. The van der Waals surface area contributed by atoms with Gasteiger partial charge in [0.2, 0.25) is 0 Å². The largest absolute Gasteiger partial charge is 0.451 e. The molecule has 1 aromatic carbocycles. The first-order chi connectivity index (χ1) is 14.1. The van der Waals surface area contributed by atoms with E-state index >= 15 is 0 Å². The Bertz CT molecular complexity index is 1140. The molecule has 1 fully saturated rings. The van der Waals surface area contributed by atoms with Crippen LogP contribution in [0.2, 0.25) is 0 Å². The highest BCUT2D eigenvalue weighted by molar-refractivity contribution is 5.93. The summed E-state index contributed by atoms with van der Waals surface area (Å²) in [5.74, 6) is -0.0923. The highest BCUT2D eigenvalue weighted by atomic mass is 16.3. The van der Waals surface area contributed by atoms with Crippen LogP contribution in [0.5, 0.6) is 0 Å². The molecule has 6 nitrogen and oxygen atoms in total. The van der Waals surface area contributed by atoms with Crippen molar-refractivity contribution >= 4 is 16.9 Å². The van der Waals surface area contributed by atoms with Crippen molar-refractivity contribution < 1.29 is 9.21 Å². The monoisotopic (exact) mass is 391 g/mol. The van der Waals surface area contributed by atoms with Crippen LogP contribution in [-0.2, 0) is 26.4 Å². The molecule has 150 valence electrons. The number of hydrogen-bond acceptors (Lipinski definition) is 4. The first-order valence-corrected chi connectivity index (χ1v) is 10.5. The van der Waals surface area contributed by atoms with Gasteiger partial charge in [-0.25, -0.2) is 0 Å². The summed E-state index contributed by atoms with van der Waals surface area (Å²) >= 11 is 0. The van der Waals surface area contributed by atoms with Crippen molar-refractivity contribution in [2.75, 3.05) is 0 Å². The topological polar surface area (TPSA) is 68.3 Å². The number of carbonyl (C=O) groups excluding carboxylic acids is 1. The quantitative estimate of drug-likeness (QED) is 0.681. The summed E-state index contributed by atoms with van der Waals surface area (Å²) < 4.78 is 7.83. The van der Waals surface area contributed by atoms with Crippen LogP contribution in [0.3, 0.4) is 0 Å². The van der Waals surface area contributed by atoms with E-state index in [1.54, 1.807) is 18.2 Å². The van der Waals surface area contributed by atoms with E-state index in [0.717, 1.165) is 50.6 Å². The molecule has 0 radical (unpaired) electrons. The van der Waals surface area contributed by atoms with Crippen molar-refractivity contribution in [1.29, 1.82) is 0 Å². The average Bonchev–Trinajstić information content (AvgIpc) is 3.46. The van der Waals surface area contributed by atoms with Crippen LogP contribution in [-0.4, -0.2) is 26.6 Å². The molecule has 1 amide bonds. The van der Waals surface area contributed by atoms with Crippen molar-refractivity contribution in [1.82, 2.24) is 14.7 Å². The van der Waals surface area contributed by atoms with E-state index in [4.69, 9.17) is 9.52 Å². The zero-order valence-electron chi connectivity index (χ0n) is 16.7. The number of para-hydroxylation sites is 1. The SMILES string of the molecule is Cn1nc(CN(C(=O)c2cc(=O)c3ccccc3o2)C2CCCC2)c2c1CCC2. The lowest BCUT2D eigenvalue weighted by Gasteiger charge is -2.28. The second-order valence-electron chi connectivity index (χ2n) is 8.19. The van der Waals surface area contributed by atoms with Crippen molar-refractivity contribution in [3.05, 3.63) is 63.3 Å². The molecule has 0 N–H and O–H groups in total. The van der Waals surface area contributed by atoms with Gasteiger partial charge in [-0.1, -0.05) is 25.0 Å². The van der Waals surface area contributed by atoms with Gasteiger partial charge >= 0.3 is 0 Å². The Labute approximate surface area is 169 Å². The molecule has 0 saturated heterocycles. The van der Waals surface area contributed by atoms with Gasteiger partial charge in [0, 0.05) is 24.8 Å². The maximum absolute atomic E-state index is 13.5. The minimum absolute atomic E-state index is 0.119. The number of nitrogens with zero attached hydrogens (tertiary/aromatic N) is 3. The summed E-state index contributed by atoms with van der Waals surface area (Å²) in [7, 11) is 1.98. The van der Waals surface area contributed by atoms with Crippen molar-refractivity contribution in [2.45, 2.75) is 57.5 Å². The van der Waals surface area contributed by atoms with E-state index in [9.17, 15) is 9.59 Å². The smallest absolute Gasteiger partial charge is 0.290 e. The fourth-order valence-corrected chi connectivity index (χ4v) is 4.92. The molecule has 2 heterocycles. The van der Waals surface area contributed by atoms with Gasteiger partial charge in [0.1, 0.15) is 5.58 Å². The summed E-state index contributed by atoms with van der Waals surface area (Å²) in [6.45, 7) is 0.475. The predicted molar refractivity (Wildman–Crippen MR) is 110 cm³/mol. The molecule has 29 heavy (non-hydrogen) atoms. The van der Waals surface area contributed by atoms with Crippen LogP contribution in [0.15, 0.2) is 39.5 Å². The Morgan fingerprint density at radius 2 is 2.00 bits per heavy atom. The molecular formula is C23H25N3O3. The molecule has 0 spiro atoms. The van der Waals surface area contributed by atoms with Crippen molar-refractivity contribution in [3.8, 4) is 0 Å². The van der Waals surface area contributed by atoms with Gasteiger partial charge in [0.15, 0.2) is 11.2 Å². The van der Waals surface area contributed by atoms with Gasteiger partial charge in [-0.15, -0.1) is 0 Å². The third-order valence-electron chi connectivity index (χ3n) is 6.39. The van der Waals surface area contributed by atoms with E-state index in [2.05, 4.69) is 0 Å². The fourth-order valence-electron chi connectivity index (χ4n) is 4.92. The lowest BCUT2D eigenvalue weighted by atomic mass is 10.1. The summed E-state index contributed by atoms with van der Waals surface area (Å²) in [6, 6.07) is 8.58. The molecule has 6 heteroatoms. The van der Waals surface area contributed by atoms with Gasteiger partial charge in [0.25, 0.3) is 5.91 Å². The maximum Gasteiger partial charge on any atom is 0.290 e. The fraction of sp³-hybridized carbons (Fsp3) is 0.435. The van der Waals surface area contributed by atoms with Crippen LogP contribution in [0, 0.1) is 0 Å². The summed E-state index contributed by atoms with van der Waals surface area (Å²) in [5.41, 5.74) is 3.84. The third-order valence-corrected chi connectivity index (χ3v) is 6.39. The normalized spacial score (nSPS) is 16.4. The van der Waals surface area contributed by atoms with E-state index < -0.39 is 0 Å². The van der Waals surface area contributed by atoms with Gasteiger partial charge in [0.05, 0.1) is 17.6 Å². The molecule has 1 saturated carbocycles. The van der Waals surface area contributed by atoms with Crippen molar-refractivity contribution in [3.63, 3.8) is 0 Å². The van der Waals surface area contributed by atoms with E-state index in [1.165, 1.54) is 17.3 Å². The van der Waals surface area contributed by atoms with Gasteiger partial charge in [-0.3, -0.25) is 14.3 Å². The van der Waals surface area contributed by atoms with Crippen LogP contribution >= 0.6 is 0 Å². The standard InChI is InChI=1S/C23H25N3O3/c1-25-19-11-6-10-16(19)18(24-25)14-26(15-7-2-3-8-15)23(28)22-13-20(27)17-9-4-5-12-21(17)29-22/h4-5,9,12-13,15H,2-3,6-8,10-11,14H2,1H3. The number of carbonyl (C=O) groups is 1. The summed E-state index contributed by atoms with van der Waals surface area (Å²) in [5, 5.41) is 5.22. The lowest BCUT2D eigenvalue weighted by molar-refractivity contribution is 0.0628. The number of benzene rings is 1. The number of hydrogen-bond donors (Lipinski definition) is 0. The number of aromatic nitrogens is 2. The number of fused-ring (bicyclic) bond motifs is 2. The highest BCUT2D eigenvalue weighted by Crippen LogP contribution is 2.30. The van der Waals surface area contributed by atoms with Gasteiger partial charge in [-0.05, 0) is 49.8 Å². The van der Waals surface area contributed by atoms with Crippen LogP contribution < -0.4 is 5.43 Å². The van der Waals surface area contributed by atoms with Crippen LogP contribution in [0.4, 0.5) is 0 Å². The Kier molecular flexibility index (Phi) is 4.49. The number of amides is 1. The van der Waals surface area contributed by atoms with Gasteiger partial charge < -0.3 is 9.32 Å². The Morgan fingerprint density at radius 3 is 2.83 bits per heavy atom. The highest BCUT2D eigenvalue weighted by Gasteiger charge is 2.32. The molecule has 0 atom stereocenters. The van der Waals surface area contributed by atoms with Crippen LogP contribution in [0.25, 0.3) is 11.0 Å². The number of aryl methyl sites for hydroxylation is 1. The Morgan fingerprint density at radius 1 is 1.21 bits per heavy atom. The van der Waals surface area contributed by atoms with E-state index in [1.807, 2.05) is 22.7 Å². The first kappa shape index (κ1) is 18.2. The molecule has 3 aromatic rings. The predicted octanol–water partition coefficient (Wildman–Crippen LogP) is 3.60. The molecule has 0 unspecified atom stereocenters. The second-order valence-corrected chi connectivity index (χ2v) is 8.19. The lowest BCUT2D eigenvalue weighted by Crippen LogP contribution is -2.39. The van der Waals surface area contributed by atoms with Gasteiger partial charge in [-0.2, -0.15) is 5.10 Å². The number of rotatable bonds is 4. The summed E-state index contributed by atoms with van der Waals surface area (Å²) in [4.78, 5) is 27.9. The van der Waals surface area contributed by atoms with Crippen molar-refractivity contribution in [2.24, 2.45) is 7.05 Å².